The Bertz CT molecular complexity index is 903. The molecule has 1 atom stereocenters. The van der Waals surface area contributed by atoms with Gasteiger partial charge in [-0.25, -0.2) is 4.79 Å². The smallest absolute Gasteiger partial charge is 0.323 e. The minimum absolute atomic E-state index is 0.0863. The molecule has 1 aliphatic heterocycles. The van der Waals surface area contributed by atoms with Gasteiger partial charge >= 0.3 is 6.03 Å². The lowest BCUT2D eigenvalue weighted by Crippen LogP contribution is -2.45. The molecule has 3 amide bonds. The Labute approximate surface area is 175 Å². The van der Waals surface area contributed by atoms with Crippen molar-refractivity contribution in [3.8, 4) is 5.75 Å². The van der Waals surface area contributed by atoms with Crippen LogP contribution in [0.3, 0.4) is 0 Å². The average Bonchev–Trinajstić information content (AvgIpc) is 2.65. The number of benzene rings is 2. The molecule has 1 aliphatic rings. The van der Waals surface area contributed by atoms with E-state index in [1.54, 1.807) is 54.3 Å². The number of anilines is 3. The van der Waals surface area contributed by atoms with Crippen LogP contribution >= 0.6 is 11.6 Å². The van der Waals surface area contributed by atoms with Crippen molar-refractivity contribution in [1.82, 2.24) is 4.90 Å². The van der Waals surface area contributed by atoms with E-state index in [0.717, 1.165) is 13.0 Å². The van der Waals surface area contributed by atoms with E-state index in [-0.39, 0.29) is 5.91 Å². The quantitative estimate of drug-likeness (QED) is 0.745. The molecule has 0 spiro atoms. The van der Waals surface area contributed by atoms with Gasteiger partial charge in [-0.1, -0.05) is 17.7 Å². The van der Waals surface area contributed by atoms with Crippen LogP contribution in [0.4, 0.5) is 21.9 Å². The summed E-state index contributed by atoms with van der Waals surface area (Å²) < 4.78 is 5.73. The summed E-state index contributed by atoms with van der Waals surface area (Å²) in [7, 11) is 4.00. The molecule has 0 aliphatic carbocycles. The highest BCUT2D eigenvalue weighted by molar-refractivity contribution is 6.30. The highest BCUT2D eigenvalue weighted by Gasteiger charge is 2.31. The number of urea groups is 1. The first-order valence-electron chi connectivity index (χ1n) is 9.44. The molecular formula is C21H25ClN4O3. The normalized spacial score (nSPS) is 15.7. The number of ether oxygens (including phenoxy) is 1. The first kappa shape index (κ1) is 21.0. The van der Waals surface area contributed by atoms with Gasteiger partial charge in [-0.2, -0.15) is 0 Å². The molecule has 0 bridgehead atoms. The SMILES string of the molecule is CC1Oc2ccc(NC(=O)Nc3cccc(Cl)c3)cc2N(CCCN(C)C)C1=O. The van der Waals surface area contributed by atoms with Crippen molar-refractivity contribution in [3.63, 3.8) is 0 Å². The van der Waals surface area contributed by atoms with E-state index in [1.165, 1.54) is 0 Å². The van der Waals surface area contributed by atoms with Crippen LogP contribution in [-0.2, 0) is 4.79 Å². The number of hydrogen-bond acceptors (Lipinski definition) is 4. The second-order valence-corrected chi connectivity index (χ2v) is 7.62. The topological polar surface area (TPSA) is 73.9 Å². The van der Waals surface area contributed by atoms with Gasteiger partial charge in [0.2, 0.25) is 0 Å². The predicted molar refractivity (Wildman–Crippen MR) is 116 cm³/mol. The zero-order valence-electron chi connectivity index (χ0n) is 16.7. The van der Waals surface area contributed by atoms with Crippen LogP contribution in [0, 0.1) is 0 Å². The molecule has 1 heterocycles. The van der Waals surface area contributed by atoms with Gasteiger partial charge in [0.25, 0.3) is 5.91 Å². The largest absolute Gasteiger partial charge is 0.479 e. The molecule has 0 saturated heterocycles. The van der Waals surface area contributed by atoms with Gasteiger partial charge in [0.05, 0.1) is 5.69 Å². The Morgan fingerprint density at radius 2 is 1.90 bits per heavy atom. The summed E-state index contributed by atoms with van der Waals surface area (Å²) in [5, 5.41) is 6.06. The number of fused-ring (bicyclic) bond motifs is 1. The van der Waals surface area contributed by atoms with Crippen molar-refractivity contribution >= 4 is 40.6 Å². The average molecular weight is 417 g/mol. The minimum atomic E-state index is -0.535. The molecular weight excluding hydrogens is 392 g/mol. The van der Waals surface area contributed by atoms with Gasteiger partial charge in [0.15, 0.2) is 6.10 Å². The summed E-state index contributed by atoms with van der Waals surface area (Å²) in [6.45, 7) is 3.19. The zero-order chi connectivity index (χ0) is 21.0. The molecule has 1 unspecified atom stereocenters. The summed E-state index contributed by atoms with van der Waals surface area (Å²) >= 11 is 5.94. The Balaban J connectivity index is 1.74. The number of nitrogens with one attached hydrogen (secondary N) is 2. The number of amides is 3. The third kappa shape index (κ3) is 5.40. The Morgan fingerprint density at radius 3 is 2.59 bits per heavy atom. The molecule has 3 rings (SSSR count). The Kier molecular flexibility index (Phi) is 6.61. The number of hydrogen-bond donors (Lipinski definition) is 2. The van der Waals surface area contributed by atoms with Crippen molar-refractivity contribution in [3.05, 3.63) is 47.5 Å². The van der Waals surface area contributed by atoms with Crippen LogP contribution in [0.15, 0.2) is 42.5 Å². The number of carbonyl (C=O) groups is 2. The maximum Gasteiger partial charge on any atom is 0.323 e. The summed E-state index contributed by atoms with van der Waals surface area (Å²) in [6, 6.07) is 11.8. The van der Waals surface area contributed by atoms with Crippen molar-refractivity contribution < 1.29 is 14.3 Å². The van der Waals surface area contributed by atoms with Gasteiger partial charge in [-0.15, -0.1) is 0 Å². The molecule has 29 heavy (non-hydrogen) atoms. The maximum atomic E-state index is 12.6. The second kappa shape index (κ2) is 9.15. The highest BCUT2D eigenvalue weighted by Crippen LogP contribution is 2.36. The van der Waals surface area contributed by atoms with E-state index < -0.39 is 12.1 Å². The fraction of sp³-hybridized carbons (Fsp3) is 0.333. The standard InChI is InChI=1S/C21H25ClN4O3/c1-14-20(27)26(11-5-10-25(2)3)18-13-17(8-9-19(18)29-14)24-21(28)23-16-7-4-6-15(22)12-16/h4,6-9,12-14H,5,10-11H2,1-3H3,(H2,23,24,28). The van der Waals surface area contributed by atoms with E-state index >= 15 is 0 Å². The molecule has 0 saturated carbocycles. The Morgan fingerprint density at radius 1 is 1.17 bits per heavy atom. The molecule has 2 N–H and O–H groups in total. The first-order valence-corrected chi connectivity index (χ1v) is 9.81. The van der Waals surface area contributed by atoms with Gasteiger partial charge < -0.3 is 25.2 Å². The van der Waals surface area contributed by atoms with E-state index in [9.17, 15) is 9.59 Å². The Hall–Kier alpha value is -2.77. The van der Waals surface area contributed by atoms with Crippen molar-refractivity contribution in [1.29, 1.82) is 0 Å². The van der Waals surface area contributed by atoms with Crippen molar-refractivity contribution in [2.24, 2.45) is 0 Å². The fourth-order valence-electron chi connectivity index (χ4n) is 3.12. The van der Waals surface area contributed by atoms with Crippen LogP contribution in [0.5, 0.6) is 5.75 Å². The first-order chi connectivity index (χ1) is 13.8. The highest BCUT2D eigenvalue weighted by atomic mass is 35.5. The van der Waals surface area contributed by atoms with Gasteiger partial charge in [0, 0.05) is 22.9 Å². The molecule has 0 radical (unpaired) electrons. The number of nitrogens with zero attached hydrogens (tertiary/aromatic N) is 2. The van der Waals surface area contributed by atoms with Gasteiger partial charge in [0.1, 0.15) is 5.75 Å². The number of halogens is 1. The lowest BCUT2D eigenvalue weighted by Gasteiger charge is -2.33. The van der Waals surface area contributed by atoms with Crippen molar-refractivity contribution in [2.75, 3.05) is 42.7 Å². The predicted octanol–water partition coefficient (Wildman–Crippen LogP) is 4.05. The molecule has 0 aromatic heterocycles. The summed E-state index contributed by atoms with van der Waals surface area (Å²) in [4.78, 5) is 28.8. The van der Waals surface area contributed by atoms with Crippen LogP contribution < -0.4 is 20.3 Å². The molecule has 8 heteroatoms. The fourth-order valence-corrected chi connectivity index (χ4v) is 3.31. The van der Waals surface area contributed by atoms with Crippen LogP contribution in [0.2, 0.25) is 5.02 Å². The molecule has 154 valence electrons. The van der Waals surface area contributed by atoms with E-state index in [1.807, 2.05) is 14.1 Å². The minimum Gasteiger partial charge on any atom is -0.479 e. The van der Waals surface area contributed by atoms with E-state index in [2.05, 4.69) is 15.5 Å². The third-order valence-electron chi connectivity index (χ3n) is 4.49. The number of carbonyl (C=O) groups excluding carboxylic acids is 2. The summed E-state index contributed by atoms with van der Waals surface area (Å²) in [5.74, 6) is 0.541. The van der Waals surface area contributed by atoms with Gasteiger partial charge in [-0.05, 0) is 70.4 Å². The van der Waals surface area contributed by atoms with E-state index in [4.69, 9.17) is 16.3 Å². The molecule has 0 fully saturated rings. The van der Waals surface area contributed by atoms with E-state index in [0.29, 0.717) is 34.4 Å². The van der Waals surface area contributed by atoms with Crippen LogP contribution in [0.1, 0.15) is 13.3 Å². The maximum absolute atomic E-state index is 12.6. The lowest BCUT2D eigenvalue weighted by atomic mass is 10.1. The van der Waals surface area contributed by atoms with Gasteiger partial charge in [-0.3, -0.25) is 4.79 Å². The zero-order valence-corrected chi connectivity index (χ0v) is 17.5. The molecule has 7 nitrogen and oxygen atoms in total. The van der Waals surface area contributed by atoms with Crippen LogP contribution in [0.25, 0.3) is 0 Å². The van der Waals surface area contributed by atoms with Crippen molar-refractivity contribution in [2.45, 2.75) is 19.4 Å². The lowest BCUT2D eigenvalue weighted by molar-refractivity contribution is -0.125. The number of rotatable bonds is 6. The summed E-state index contributed by atoms with van der Waals surface area (Å²) in [6.07, 6.45) is 0.296. The second-order valence-electron chi connectivity index (χ2n) is 7.18. The summed E-state index contributed by atoms with van der Waals surface area (Å²) in [5.41, 5.74) is 1.81. The third-order valence-corrected chi connectivity index (χ3v) is 4.73. The molecule has 2 aromatic carbocycles. The van der Waals surface area contributed by atoms with Crippen LogP contribution in [-0.4, -0.2) is 50.1 Å². The monoisotopic (exact) mass is 416 g/mol. The molecule has 2 aromatic rings.